The summed E-state index contributed by atoms with van der Waals surface area (Å²) in [6, 6.07) is 1.84. The van der Waals surface area contributed by atoms with Gasteiger partial charge in [0.25, 0.3) is 0 Å². The topological polar surface area (TPSA) is 64.5 Å². The second-order valence-corrected chi connectivity index (χ2v) is 4.66. The van der Waals surface area contributed by atoms with Gasteiger partial charge < -0.3 is 14.4 Å². The van der Waals surface area contributed by atoms with Gasteiger partial charge in [-0.3, -0.25) is 4.79 Å². The summed E-state index contributed by atoms with van der Waals surface area (Å²) in [5.41, 5.74) is 0. The number of esters is 1. The molecule has 1 saturated heterocycles. The van der Waals surface area contributed by atoms with Crippen molar-refractivity contribution in [3.8, 4) is 5.88 Å². The van der Waals surface area contributed by atoms with Crippen LogP contribution in [0.3, 0.4) is 0 Å². The van der Waals surface area contributed by atoms with Crippen LogP contribution in [0.15, 0.2) is 12.4 Å². The molecular formula is C14H21N3O3. The first-order valence-electron chi connectivity index (χ1n) is 7.11. The molecule has 0 saturated carbocycles. The van der Waals surface area contributed by atoms with Crippen LogP contribution < -0.4 is 9.64 Å². The maximum Gasteiger partial charge on any atom is 0.309 e. The molecule has 1 aliphatic heterocycles. The zero-order valence-electron chi connectivity index (χ0n) is 12.0. The Morgan fingerprint density at radius 2 is 2.05 bits per heavy atom. The van der Waals surface area contributed by atoms with Gasteiger partial charge >= 0.3 is 5.97 Å². The van der Waals surface area contributed by atoms with Gasteiger partial charge in [0.15, 0.2) is 0 Å². The highest BCUT2D eigenvalue weighted by Gasteiger charge is 2.26. The second-order valence-electron chi connectivity index (χ2n) is 4.66. The average Bonchev–Trinajstić information content (AvgIpc) is 2.48. The van der Waals surface area contributed by atoms with Crippen molar-refractivity contribution in [1.29, 1.82) is 0 Å². The molecule has 0 bridgehead atoms. The van der Waals surface area contributed by atoms with E-state index in [1.807, 2.05) is 19.9 Å². The van der Waals surface area contributed by atoms with Crippen LogP contribution in [-0.2, 0) is 9.53 Å². The van der Waals surface area contributed by atoms with Crippen LogP contribution in [0.25, 0.3) is 0 Å². The number of hydrogen-bond donors (Lipinski definition) is 0. The fourth-order valence-electron chi connectivity index (χ4n) is 2.33. The molecule has 0 atom stereocenters. The molecular weight excluding hydrogens is 258 g/mol. The minimum absolute atomic E-state index is 0.0133. The Morgan fingerprint density at radius 1 is 1.30 bits per heavy atom. The predicted octanol–water partition coefficient (Wildman–Crippen LogP) is 1.65. The van der Waals surface area contributed by atoms with E-state index in [0.717, 1.165) is 31.7 Å². The molecule has 0 unspecified atom stereocenters. The van der Waals surface area contributed by atoms with Crippen LogP contribution in [0.5, 0.6) is 5.88 Å². The van der Waals surface area contributed by atoms with E-state index in [4.69, 9.17) is 9.47 Å². The average molecular weight is 279 g/mol. The zero-order valence-corrected chi connectivity index (χ0v) is 12.0. The highest BCUT2D eigenvalue weighted by Crippen LogP contribution is 2.24. The van der Waals surface area contributed by atoms with Crippen molar-refractivity contribution in [2.75, 3.05) is 31.2 Å². The number of hydrogen-bond acceptors (Lipinski definition) is 6. The Morgan fingerprint density at radius 3 is 2.70 bits per heavy atom. The summed E-state index contributed by atoms with van der Waals surface area (Å²) in [5.74, 6) is 1.38. The summed E-state index contributed by atoms with van der Waals surface area (Å²) in [5, 5.41) is 0. The van der Waals surface area contributed by atoms with Crippen LogP contribution in [0.1, 0.15) is 26.7 Å². The minimum atomic E-state index is -0.0788. The summed E-state index contributed by atoms with van der Waals surface area (Å²) in [6.45, 7) is 6.39. The van der Waals surface area contributed by atoms with Crippen molar-refractivity contribution in [3.05, 3.63) is 12.4 Å². The number of rotatable bonds is 5. The number of nitrogens with zero attached hydrogens (tertiary/aromatic N) is 3. The SMILES string of the molecule is CCOC(=O)C1CCN(c2cc(OCC)ncn2)CC1. The van der Waals surface area contributed by atoms with Gasteiger partial charge in [-0.2, -0.15) is 0 Å². The quantitative estimate of drug-likeness (QED) is 0.764. The maximum absolute atomic E-state index is 11.7. The molecule has 2 heterocycles. The molecule has 0 spiro atoms. The molecule has 1 aromatic rings. The van der Waals surface area contributed by atoms with Crippen molar-refractivity contribution in [1.82, 2.24) is 9.97 Å². The first kappa shape index (κ1) is 14.6. The van der Waals surface area contributed by atoms with Gasteiger partial charge in [0.1, 0.15) is 12.1 Å². The number of carbonyl (C=O) groups excluding carboxylic acids is 1. The summed E-state index contributed by atoms with van der Waals surface area (Å²) < 4.78 is 10.4. The lowest BCUT2D eigenvalue weighted by Gasteiger charge is -2.31. The number of piperidine rings is 1. The normalized spacial score (nSPS) is 16.0. The van der Waals surface area contributed by atoms with Gasteiger partial charge in [0, 0.05) is 19.2 Å². The molecule has 0 radical (unpaired) electrons. The van der Waals surface area contributed by atoms with E-state index >= 15 is 0 Å². The van der Waals surface area contributed by atoms with E-state index in [1.165, 1.54) is 6.33 Å². The molecule has 20 heavy (non-hydrogen) atoms. The summed E-state index contributed by atoms with van der Waals surface area (Å²) in [4.78, 5) is 22.2. The third kappa shape index (κ3) is 3.59. The molecule has 0 N–H and O–H groups in total. The fourth-order valence-corrected chi connectivity index (χ4v) is 2.33. The number of aromatic nitrogens is 2. The van der Waals surface area contributed by atoms with Crippen molar-refractivity contribution in [3.63, 3.8) is 0 Å². The largest absolute Gasteiger partial charge is 0.478 e. The van der Waals surface area contributed by atoms with Crippen LogP contribution in [-0.4, -0.2) is 42.2 Å². The number of anilines is 1. The molecule has 6 heteroatoms. The minimum Gasteiger partial charge on any atom is -0.478 e. The van der Waals surface area contributed by atoms with Gasteiger partial charge in [-0.1, -0.05) is 0 Å². The third-order valence-electron chi connectivity index (χ3n) is 3.36. The van der Waals surface area contributed by atoms with Gasteiger partial charge in [-0.15, -0.1) is 0 Å². The molecule has 0 amide bonds. The molecule has 1 fully saturated rings. The summed E-state index contributed by atoms with van der Waals surface area (Å²) in [6.07, 6.45) is 3.11. The monoisotopic (exact) mass is 279 g/mol. The molecule has 110 valence electrons. The van der Waals surface area contributed by atoms with Crippen molar-refractivity contribution < 1.29 is 14.3 Å². The standard InChI is InChI=1S/C14H21N3O3/c1-3-19-13-9-12(15-10-16-13)17-7-5-11(6-8-17)14(18)20-4-2/h9-11H,3-8H2,1-2H3. The van der Waals surface area contributed by atoms with E-state index < -0.39 is 0 Å². The highest BCUT2D eigenvalue weighted by atomic mass is 16.5. The van der Waals surface area contributed by atoms with Gasteiger partial charge in [-0.25, -0.2) is 9.97 Å². The molecule has 1 aliphatic rings. The lowest BCUT2D eigenvalue weighted by molar-refractivity contribution is -0.148. The Balaban J connectivity index is 1.93. The van der Waals surface area contributed by atoms with Crippen LogP contribution in [0.2, 0.25) is 0 Å². The molecule has 1 aromatic heterocycles. The van der Waals surface area contributed by atoms with E-state index in [1.54, 1.807) is 0 Å². The van der Waals surface area contributed by atoms with E-state index in [-0.39, 0.29) is 11.9 Å². The lowest BCUT2D eigenvalue weighted by Crippen LogP contribution is -2.37. The maximum atomic E-state index is 11.7. The molecule has 6 nitrogen and oxygen atoms in total. The zero-order chi connectivity index (χ0) is 14.4. The van der Waals surface area contributed by atoms with Crippen LogP contribution in [0, 0.1) is 5.92 Å². The van der Waals surface area contributed by atoms with Crippen LogP contribution in [0.4, 0.5) is 5.82 Å². The fraction of sp³-hybridized carbons (Fsp3) is 0.643. The summed E-state index contributed by atoms with van der Waals surface area (Å²) in [7, 11) is 0. The smallest absolute Gasteiger partial charge is 0.309 e. The first-order chi connectivity index (χ1) is 9.74. The Bertz CT molecular complexity index is 445. The third-order valence-corrected chi connectivity index (χ3v) is 3.36. The lowest BCUT2D eigenvalue weighted by atomic mass is 9.97. The van der Waals surface area contributed by atoms with E-state index in [0.29, 0.717) is 19.1 Å². The van der Waals surface area contributed by atoms with E-state index in [9.17, 15) is 4.79 Å². The predicted molar refractivity (Wildman–Crippen MR) is 74.8 cm³/mol. The van der Waals surface area contributed by atoms with Crippen molar-refractivity contribution in [2.45, 2.75) is 26.7 Å². The van der Waals surface area contributed by atoms with Gasteiger partial charge in [0.2, 0.25) is 5.88 Å². The van der Waals surface area contributed by atoms with Gasteiger partial charge in [0.05, 0.1) is 19.1 Å². The summed E-state index contributed by atoms with van der Waals surface area (Å²) >= 11 is 0. The number of carbonyl (C=O) groups is 1. The van der Waals surface area contributed by atoms with Crippen LogP contribution >= 0.6 is 0 Å². The molecule has 2 rings (SSSR count). The first-order valence-corrected chi connectivity index (χ1v) is 7.11. The highest BCUT2D eigenvalue weighted by molar-refractivity contribution is 5.72. The van der Waals surface area contributed by atoms with Crippen molar-refractivity contribution >= 4 is 11.8 Å². The Labute approximate surface area is 119 Å². The van der Waals surface area contributed by atoms with Gasteiger partial charge in [-0.05, 0) is 26.7 Å². The van der Waals surface area contributed by atoms with E-state index in [2.05, 4.69) is 14.9 Å². The second kappa shape index (κ2) is 7.07. The Hall–Kier alpha value is -1.85. The number of ether oxygens (including phenoxy) is 2. The molecule has 0 aliphatic carbocycles. The molecule has 0 aromatic carbocycles. The Kier molecular flexibility index (Phi) is 5.15. The van der Waals surface area contributed by atoms with Crippen molar-refractivity contribution in [2.24, 2.45) is 5.92 Å².